The van der Waals surface area contributed by atoms with Crippen LogP contribution in [0, 0.1) is 0 Å². The van der Waals surface area contributed by atoms with Crippen LogP contribution in [0.15, 0.2) is 12.3 Å². The highest BCUT2D eigenvalue weighted by Crippen LogP contribution is 1.84. The van der Waals surface area contributed by atoms with Crippen molar-refractivity contribution >= 4 is 0 Å². The summed E-state index contributed by atoms with van der Waals surface area (Å²) in [7, 11) is 0. The molecular weight excluding hydrogens is 104 g/mol. The van der Waals surface area contributed by atoms with E-state index in [-0.39, 0.29) is 0 Å². The van der Waals surface area contributed by atoms with Crippen molar-refractivity contribution in [3.8, 4) is 0 Å². The van der Waals surface area contributed by atoms with E-state index in [2.05, 4.69) is 6.58 Å². The summed E-state index contributed by atoms with van der Waals surface area (Å²) >= 11 is 0. The van der Waals surface area contributed by atoms with Crippen LogP contribution >= 0.6 is 0 Å². The van der Waals surface area contributed by atoms with Crippen LogP contribution in [0.25, 0.3) is 0 Å². The second-order valence-corrected chi connectivity index (χ2v) is 1.65. The van der Waals surface area contributed by atoms with Crippen LogP contribution in [0.2, 0.25) is 0 Å². The minimum Gasteiger partial charge on any atom is -0.402 e. The molecule has 0 aromatic carbocycles. The van der Waals surface area contributed by atoms with Gasteiger partial charge in [-0.3, -0.25) is 11.7 Å². The molecule has 0 bridgehead atoms. The van der Waals surface area contributed by atoms with Gasteiger partial charge in [0, 0.05) is 18.7 Å². The van der Waals surface area contributed by atoms with E-state index in [1.165, 1.54) is 0 Å². The van der Waals surface area contributed by atoms with E-state index >= 15 is 0 Å². The smallest absolute Gasteiger partial charge is 0.0337 e. The van der Waals surface area contributed by atoms with Gasteiger partial charge < -0.3 is 5.73 Å². The van der Waals surface area contributed by atoms with E-state index in [1.54, 1.807) is 0 Å². The highest BCUT2D eigenvalue weighted by atomic mass is 15.6. The Morgan fingerprint density at radius 3 is 2.12 bits per heavy atom. The van der Waals surface area contributed by atoms with Crippen LogP contribution in [0.3, 0.4) is 0 Å². The van der Waals surface area contributed by atoms with E-state index in [0.717, 1.165) is 5.12 Å². The van der Waals surface area contributed by atoms with Crippen molar-refractivity contribution in [3.63, 3.8) is 0 Å². The minimum absolute atomic E-state index is 0.551. The van der Waals surface area contributed by atoms with Crippen molar-refractivity contribution in [3.05, 3.63) is 12.3 Å². The number of hydrazine groups is 2. The molecule has 4 heteroatoms. The highest BCUT2D eigenvalue weighted by molar-refractivity contribution is 4.85. The first-order chi connectivity index (χ1) is 3.63. The average molecular weight is 116 g/mol. The Bertz CT molecular complexity index is 78.1. The van der Waals surface area contributed by atoms with Crippen LogP contribution in [0.4, 0.5) is 0 Å². The summed E-state index contributed by atoms with van der Waals surface area (Å²) < 4.78 is 0. The molecule has 0 unspecified atom stereocenters. The Morgan fingerprint density at radius 1 is 1.50 bits per heavy atom. The average Bonchev–Trinajstić information content (AvgIpc) is 1.61. The van der Waals surface area contributed by atoms with Crippen molar-refractivity contribution in [1.29, 1.82) is 0 Å². The summed E-state index contributed by atoms with van der Waals surface area (Å²) in [5, 5.41) is 1.08. The molecule has 0 rings (SSSR count). The molecule has 4 nitrogen and oxygen atoms in total. The topological polar surface area (TPSA) is 81.3 Å². The van der Waals surface area contributed by atoms with Crippen molar-refractivity contribution in [2.75, 3.05) is 6.54 Å². The molecule has 0 saturated carbocycles. The fourth-order valence-corrected chi connectivity index (χ4v) is 0.273. The van der Waals surface area contributed by atoms with E-state index in [4.69, 9.17) is 17.4 Å². The molecule has 8 heavy (non-hydrogen) atoms. The first kappa shape index (κ1) is 7.42. The third-order valence-corrected chi connectivity index (χ3v) is 0.691. The lowest BCUT2D eigenvalue weighted by Gasteiger charge is -2.06. The zero-order chi connectivity index (χ0) is 6.57. The standard InChI is InChI=1S/C4H12N4/c1-4(5)2-3-8(6)7/h1-3,5-7H2. The van der Waals surface area contributed by atoms with Crippen molar-refractivity contribution in [1.82, 2.24) is 5.12 Å². The maximum absolute atomic E-state index is 5.21. The number of rotatable bonds is 3. The highest BCUT2D eigenvalue weighted by Gasteiger charge is 1.89. The summed E-state index contributed by atoms with van der Waals surface area (Å²) in [6.45, 7) is 4.02. The lowest BCUT2D eigenvalue weighted by Crippen LogP contribution is -2.38. The van der Waals surface area contributed by atoms with Crippen LogP contribution in [-0.2, 0) is 0 Å². The van der Waals surface area contributed by atoms with Gasteiger partial charge in [0.1, 0.15) is 0 Å². The SMILES string of the molecule is C=C(N)CCN(N)N. The molecule has 6 N–H and O–H groups in total. The molecule has 0 atom stereocenters. The van der Waals surface area contributed by atoms with Crippen LogP contribution in [0.5, 0.6) is 0 Å². The molecule has 0 radical (unpaired) electrons. The predicted molar refractivity (Wildman–Crippen MR) is 33.0 cm³/mol. The van der Waals surface area contributed by atoms with Gasteiger partial charge >= 0.3 is 0 Å². The Morgan fingerprint density at radius 2 is 2.00 bits per heavy atom. The number of nitrogens with zero attached hydrogens (tertiary/aromatic N) is 1. The Labute approximate surface area is 48.9 Å². The molecular formula is C4H12N4. The lowest BCUT2D eigenvalue weighted by atomic mass is 10.3. The van der Waals surface area contributed by atoms with Gasteiger partial charge in [-0.2, -0.15) is 5.12 Å². The molecule has 0 fully saturated rings. The molecule has 0 aliphatic rings. The van der Waals surface area contributed by atoms with Gasteiger partial charge in [-0.05, 0) is 0 Å². The first-order valence-corrected chi connectivity index (χ1v) is 2.33. The summed E-state index contributed by atoms with van der Waals surface area (Å²) in [6, 6.07) is 0. The zero-order valence-electron chi connectivity index (χ0n) is 4.80. The summed E-state index contributed by atoms with van der Waals surface area (Å²) in [6.07, 6.45) is 0.646. The lowest BCUT2D eigenvalue weighted by molar-refractivity contribution is 0.297. The van der Waals surface area contributed by atoms with Crippen LogP contribution in [0.1, 0.15) is 6.42 Å². The van der Waals surface area contributed by atoms with Gasteiger partial charge in [-0.15, -0.1) is 0 Å². The predicted octanol–water partition coefficient (Wildman–Crippen LogP) is -1.10. The van der Waals surface area contributed by atoms with Gasteiger partial charge in [-0.25, -0.2) is 0 Å². The number of hydrogen-bond donors (Lipinski definition) is 3. The molecule has 0 aliphatic heterocycles. The summed E-state index contributed by atoms with van der Waals surface area (Å²) in [5.41, 5.74) is 5.81. The number of hydrogen-bond acceptors (Lipinski definition) is 4. The number of nitrogens with two attached hydrogens (primary N) is 3. The molecule has 0 saturated heterocycles. The van der Waals surface area contributed by atoms with Gasteiger partial charge in [0.25, 0.3) is 0 Å². The third-order valence-electron chi connectivity index (χ3n) is 0.691. The zero-order valence-corrected chi connectivity index (χ0v) is 4.80. The van der Waals surface area contributed by atoms with Gasteiger partial charge in [0.2, 0.25) is 0 Å². The maximum atomic E-state index is 5.21. The molecule has 0 amide bonds. The maximum Gasteiger partial charge on any atom is 0.0337 e. The molecule has 48 valence electrons. The molecule has 0 aromatic heterocycles. The van der Waals surface area contributed by atoms with Gasteiger partial charge in [0.05, 0.1) is 0 Å². The second-order valence-electron chi connectivity index (χ2n) is 1.65. The normalized spacial score (nSPS) is 9.88. The van der Waals surface area contributed by atoms with Gasteiger partial charge in [0.15, 0.2) is 0 Å². The quantitative estimate of drug-likeness (QED) is 0.323. The van der Waals surface area contributed by atoms with E-state index in [0.29, 0.717) is 18.7 Å². The van der Waals surface area contributed by atoms with Crippen molar-refractivity contribution in [2.24, 2.45) is 17.4 Å². The van der Waals surface area contributed by atoms with Crippen molar-refractivity contribution in [2.45, 2.75) is 6.42 Å². The minimum atomic E-state index is 0.551. The van der Waals surface area contributed by atoms with Gasteiger partial charge in [-0.1, -0.05) is 6.58 Å². The molecule has 0 aromatic rings. The van der Waals surface area contributed by atoms with E-state index in [9.17, 15) is 0 Å². The second kappa shape index (κ2) is 3.43. The largest absolute Gasteiger partial charge is 0.402 e. The molecule has 0 aliphatic carbocycles. The van der Waals surface area contributed by atoms with Crippen LogP contribution in [-0.4, -0.2) is 11.7 Å². The van der Waals surface area contributed by atoms with Crippen molar-refractivity contribution < 1.29 is 0 Å². The monoisotopic (exact) mass is 116 g/mol. The molecule has 0 heterocycles. The fourth-order valence-electron chi connectivity index (χ4n) is 0.273. The van der Waals surface area contributed by atoms with E-state index < -0.39 is 0 Å². The molecule has 0 spiro atoms. The third kappa shape index (κ3) is 5.42. The Balaban J connectivity index is 3.05. The summed E-state index contributed by atoms with van der Waals surface area (Å²) in [5.74, 6) is 10.1. The Hall–Kier alpha value is -0.580. The first-order valence-electron chi connectivity index (χ1n) is 2.33. The summed E-state index contributed by atoms with van der Waals surface area (Å²) in [4.78, 5) is 0. The fraction of sp³-hybridized carbons (Fsp3) is 0.500. The van der Waals surface area contributed by atoms with Crippen LogP contribution < -0.4 is 17.4 Å². The Kier molecular flexibility index (Phi) is 3.18. The van der Waals surface area contributed by atoms with E-state index in [1.807, 2.05) is 0 Å².